The Morgan fingerprint density at radius 1 is 1.32 bits per heavy atom. The minimum Gasteiger partial charge on any atom is -0.207 e. The summed E-state index contributed by atoms with van der Waals surface area (Å²) in [4.78, 5) is -0.917. The van der Waals surface area contributed by atoms with E-state index in [1.807, 2.05) is 0 Å². The van der Waals surface area contributed by atoms with E-state index in [1.54, 1.807) is 0 Å². The molecule has 1 atom stereocenters. The molecule has 1 N–H and O–H groups in total. The molecule has 1 aromatic carbocycles. The topological polar surface area (TPSA) is 46.2 Å². The fourth-order valence-electron chi connectivity index (χ4n) is 1.20. The van der Waals surface area contributed by atoms with E-state index < -0.39 is 38.0 Å². The van der Waals surface area contributed by atoms with Crippen LogP contribution in [-0.2, 0) is 10.0 Å². The predicted octanol–water partition coefficient (Wildman–Crippen LogP) is 3.02. The van der Waals surface area contributed by atoms with Gasteiger partial charge in [0, 0.05) is 0 Å². The first kappa shape index (κ1) is 16.2. The Morgan fingerprint density at radius 3 is 2.32 bits per heavy atom. The monoisotopic (exact) mass is 319 g/mol. The van der Waals surface area contributed by atoms with Crippen molar-refractivity contribution in [2.75, 3.05) is 0 Å². The average Bonchev–Trinajstić information content (AvgIpc) is 2.23. The van der Waals surface area contributed by atoms with E-state index in [4.69, 9.17) is 11.6 Å². The number of alkyl halides is 3. The van der Waals surface area contributed by atoms with Crippen LogP contribution in [0.4, 0.5) is 17.6 Å². The third kappa shape index (κ3) is 3.58. The molecule has 0 unspecified atom stereocenters. The van der Waals surface area contributed by atoms with Gasteiger partial charge >= 0.3 is 6.18 Å². The van der Waals surface area contributed by atoms with Gasteiger partial charge in [-0.15, -0.1) is 0 Å². The van der Waals surface area contributed by atoms with Crippen molar-refractivity contribution in [2.45, 2.75) is 31.0 Å². The van der Waals surface area contributed by atoms with Crippen molar-refractivity contribution in [1.29, 1.82) is 0 Å². The van der Waals surface area contributed by atoms with Gasteiger partial charge in [0.15, 0.2) is 5.82 Å². The van der Waals surface area contributed by atoms with Crippen LogP contribution in [0, 0.1) is 12.7 Å². The zero-order chi connectivity index (χ0) is 15.0. The van der Waals surface area contributed by atoms with Gasteiger partial charge in [0.1, 0.15) is 10.9 Å². The number of halogens is 5. The highest BCUT2D eigenvalue weighted by molar-refractivity contribution is 7.89. The van der Waals surface area contributed by atoms with E-state index in [0.717, 1.165) is 6.07 Å². The average molecular weight is 320 g/mol. The fourth-order valence-corrected chi connectivity index (χ4v) is 2.73. The highest BCUT2D eigenvalue weighted by Gasteiger charge is 2.39. The molecule has 9 heteroatoms. The minimum atomic E-state index is -4.77. The number of rotatable bonds is 3. The Labute approximate surface area is 112 Å². The molecule has 1 aromatic rings. The first-order valence-electron chi connectivity index (χ1n) is 5.00. The lowest BCUT2D eigenvalue weighted by Gasteiger charge is -2.17. The van der Waals surface area contributed by atoms with Gasteiger partial charge in [0.2, 0.25) is 10.0 Å². The normalized spacial score (nSPS) is 14.5. The lowest BCUT2D eigenvalue weighted by atomic mass is 10.2. The maximum atomic E-state index is 13.7. The molecule has 19 heavy (non-hydrogen) atoms. The molecule has 0 aliphatic rings. The van der Waals surface area contributed by atoms with Gasteiger partial charge in [-0.2, -0.15) is 17.9 Å². The molecule has 0 aliphatic heterocycles. The highest BCUT2D eigenvalue weighted by Crippen LogP contribution is 2.27. The molecule has 0 heterocycles. The van der Waals surface area contributed by atoms with Crippen LogP contribution in [0.5, 0.6) is 0 Å². The zero-order valence-electron chi connectivity index (χ0n) is 9.85. The number of sulfonamides is 1. The second kappa shape index (κ2) is 5.26. The SMILES string of the molecule is Cc1ccc(S(=O)(=O)N[C@@H](C)C(F)(F)F)c(F)c1Cl. The van der Waals surface area contributed by atoms with Gasteiger partial charge in [-0.3, -0.25) is 0 Å². The van der Waals surface area contributed by atoms with Crippen LogP contribution in [0.3, 0.4) is 0 Å². The molecule has 0 saturated carbocycles. The molecule has 0 fully saturated rings. The zero-order valence-corrected chi connectivity index (χ0v) is 11.4. The standard InChI is InChI=1S/C10H10ClF4NO2S/c1-5-3-4-7(9(12)8(5)11)19(17,18)16-6(2)10(13,14)15/h3-4,6,16H,1-2H3/t6-/m0/s1. The summed E-state index contributed by atoms with van der Waals surface area (Å²) in [6, 6.07) is -0.266. The molecule has 0 aromatic heterocycles. The van der Waals surface area contributed by atoms with E-state index >= 15 is 0 Å². The second-order valence-corrected chi connectivity index (χ2v) is 5.95. The maximum Gasteiger partial charge on any atom is 0.404 e. The van der Waals surface area contributed by atoms with Crippen LogP contribution in [0.15, 0.2) is 17.0 Å². The van der Waals surface area contributed by atoms with Crippen molar-refractivity contribution < 1.29 is 26.0 Å². The number of aryl methyl sites for hydroxylation is 1. The van der Waals surface area contributed by atoms with Crippen LogP contribution in [-0.4, -0.2) is 20.6 Å². The minimum absolute atomic E-state index is 0.280. The number of hydrogen-bond donors (Lipinski definition) is 1. The molecule has 1 rings (SSSR count). The first-order valence-corrected chi connectivity index (χ1v) is 6.86. The molecule has 0 amide bonds. The molecular formula is C10H10ClF4NO2S. The van der Waals surface area contributed by atoms with Crippen LogP contribution in [0.2, 0.25) is 5.02 Å². The largest absolute Gasteiger partial charge is 0.404 e. The Morgan fingerprint density at radius 2 is 1.84 bits per heavy atom. The molecule has 3 nitrogen and oxygen atoms in total. The van der Waals surface area contributed by atoms with Crippen molar-refractivity contribution >= 4 is 21.6 Å². The predicted molar refractivity (Wildman–Crippen MR) is 62.0 cm³/mol. The molecule has 108 valence electrons. The summed E-state index contributed by atoms with van der Waals surface area (Å²) in [7, 11) is -4.64. The highest BCUT2D eigenvalue weighted by atomic mass is 35.5. The van der Waals surface area contributed by atoms with Crippen molar-refractivity contribution in [3.8, 4) is 0 Å². The lowest BCUT2D eigenvalue weighted by molar-refractivity contribution is -0.147. The smallest absolute Gasteiger partial charge is 0.207 e. The Bertz CT molecular complexity index is 586. The Hall–Kier alpha value is -0.860. The summed E-state index contributed by atoms with van der Waals surface area (Å²) >= 11 is 5.53. The lowest BCUT2D eigenvalue weighted by Crippen LogP contribution is -2.43. The van der Waals surface area contributed by atoms with Crippen LogP contribution < -0.4 is 4.72 Å². The van der Waals surface area contributed by atoms with E-state index in [9.17, 15) is 26.0 Å². The first-order chi connectivity index (χ1) is 8.47. The van der Waals surface area contributed by atoms with Crippen molar-refractivity contribution in [1.82, 2.24) is 4.72 Å². The number of benzene rings is 1. The number of hydrogen-bond acceptors (Lipinski definition) is 2. The van der Waals surface area contributed by atoms with E-state index in [2.05, 4.69) is 0 Å². The summed E-state index contributed by atoms with van der Waals surface area (Å²) < 4.78 is 75.2. The van der Waals surface area contributed by atoms with E-state index in [-0.39, 0.29) is 5.56 Å². The summed E-state index contributed by atoms with van der Waals surface area (Å²) in [5.41, 5.74) is 0.280. The van der Waals surface area contributed by atoms with Crippen molar-refractivity contribution in [2.24, 2.45) is 0 Å². The van der Waals surface area contributed by atoms with E-state index in [1.165, 1.54) is 17.7 Å². The summed E-state index contributed by atoms with van der Waals surface area (Å²) in [5.74, 6) is -1.27. The maximum absolute atomic E-state index is 13.7. The van der Waals surface area contributed by atoms with Crippen LogP contribution in [0.1, 0.15) is 12.5 Å². The van der Waals surface area contributed by atoms with Crippen molar-refractivity contribution in [3.05, 3.63) is 28.5 Å². The van der Waals surface area contributed by atoms with Crippen LogP contribution >= 0.6 is 11.6 Å². The third-order valence-corrected chi connectivity index (χ3v) is 4.37. The molecule has 0 spiro atoms. The van der Waals surface area contributed by atoms with Gasteiger partial charge in [0.25, 0.3) is 0 Å². The van der Waals surface area contributed by atoms with Gasteiger partial charge < -0.3 is 0 Å². The Kier molecular flexibility index (Phi) is 4.48. The van der Waals surface area contributed by atoms with E-state index in [0.29, 0.717) is 6.92 Å². The van der Waals surface area contributed by atoms with Gasteiger partial charge in [-0.25, -0.2) is 12.8 Å². The van der Waals surface area contributed by atoms with Gasteiger partial charge in [-0.1, -0.05) is 17.7 Å². The third-order valence-electron chi connectivity index (χ3n) is 2.35. The molecule has 0 aliphatic carbocycles. The fraction of sp³-hybridized carbons (Fsp3) is 0.400. The van der Waals surface area contributed by atoms with Crippen molar-refractivity contribution in [3.63, 3.8) is 0 Å². The molecular weight excluding hydrogens is 310 g/mol. The Balaban J connectivity index is 3.19. The molecule has 0 saturated heterocycles. The number of nitrogens with one attached hydrogen (secondary N) is 1. The quantitative estimate of drug-likeness (QED) is 0.871. The summed E-state index contributed by atoms with van der Waals surface area (Å²) in [5, 5.41) is -0.442. The summed E-state index contributed by atoms with van der Waals surface area (Å²) in [6.45, 7) is 2.05. The molecule has 0 radical (unpaired) electrons. The molecule has 0 bridgehead atoms. The second-order valence-electron chi connectivity index (χ2n) is 3.89. The summed E-state index contributed by atoms with van der Waals surface area (Å²) in [6.07, 6.45) is -4.77. The van der Waals surface area contributed by atoms with Gasteiger partial charge in [-0.05, 0) is 25.5 Å². The van der Waals surface area contributed by atoms with Crippen LogP contribution in [0.25, 0.3) is 0 Å². The van der Waals surface area contributed by atoms with Gasteiger partial charge in [0.05, 0.1) is 5.02 Å².